The van der Waals surface area contributed by atoms with Gasteiger partial charge in [-0.15, -0.1) is 5.10 Å². The topological polar surface area (TPSA) is 66.2 Å². The molecular weight excluding hydrogens is 234 g/mol. The summed E-state index contributed by atoms with van der Waals surface area (Å²) in [5.41, 5.74) is 0.967. The van der Waals surface area contributed by atoms with Crippen LogP contribution in [0.25, 0.3) is 0 Å². The summed E-state index contributed by atoms with van der Waals surface area (Å²) in [4.78, 5) is 11.7. The fourth-order valence-electron chi connectivity index (χ4n) is 1.91. The molecule has 0 N–H and O–H groups in total. The van der Waals surface area contributed by atoms with Crippen LogP contribution < -0.4 is 0 Å². The summed E-state index contributed by atoms with van der Waals surface area (Å²) in [6.07, 6.45) is 3.79. The summed E-state index contributed by atoms with van der Waals surface area (Å²) in [5.74, 6) is -0.467. The first-order valence-electron chi connectivity index (χ1n) is 6.02. The van der Waals surface area contributed by atoms with Gasteiger partial charge in [-0.05, 0) is 19.8 Å². The minimum absolute atomic E-state index is 0.169. The first kappa shape index (κ1) is 12.8. The van der Waals surface area contributed by atoms with Gasteiger partial charge in [-0.3, -0.25) is 0 Å². The van der Waals surface area contributed by atoms with Crippen LogP contribution in [-0.2, 0) is 16.0 Å². The van der Waals surface area contributed by atoms with Crippen LogP contribution >= 0.6 is 0 Å². The molecule has 0 spiro atoms. The fourth-order valence-corrected chi connectivity index (χ4v) is 1.91. The molecule has 0 saturated carbocycles. The third-order valence-corrected chi connectivity index (χ3v) is 2.91. The molecule has 2 rings (SSSR count). The minimum Gasteiger partial charge on any atom is -0.457 e. The highest BCUT2D eigenvalue weighted by molar-refractivity contribution is 5.88. The zero-order valence-corrected chi connectivity index (χ0v) is 10.5. The monoisotopic (exact) mass is 251 g/mol. The van der Waals surface area contributed by atoms with Gasteiger partial charge in [-0.25, -0.2) is 9.48 Å². The highest BCUT2D eigenvalue weighted by Crippen LogP contribution is 2.15. The predicted octanol–water partition coefficient (Wildman–Crippen LogP) is 1.11. The second kappa shape index (κ2) is 5.77. The Morgan fingerprint density at radius 1 is 1.72 bits per heavy atom. The van der Waals surface area contributed by atoms with Crippen molar-refractivity contribution in [3.8, 4) is 0 Å². The van der Waals surface area contributed by atoms with Crippen molar-refractivity contribution in [1.29, 1.82) is 0 Å². The maximum Gasteiger partial charge on any atom is 0.361 e. The summed E-state index contributed by atoms with van der Waals surface area (Å²) in [6, 6.07) is 0. The van der Waals surface area contributed by atoms with Crippen molar-refractivity contribution in [2.24, 2.45) is 0 Å². The predicted molar refractivity (Wildman–Crippen MR) is 64.2 cm³/mol. The van der Waals surface area contributed by atoms with Gasteiger partial charge in [0.15, 0.2) is 5.69 Å². The molecule has 1 fully saturated rings. The first-order valence-corrected chi connectivity index (χ1v) is 6.02. The van der Waals surface area contributed by atoms with Gasteiger partial charge in [0, 0.05) is 6.61 Å². The lowest BCUT2D eigenvalue weighted by atomic mass is 10.2. The van der Waals surface area contributed by atoms with Crippen LogP contribution in [0.2, 0.25) is 0 Å². The molecule has 1 saturated heterocycles. The fraction of sp³-hybridized carbons (Fsp3) is 0.583. The zero-order chi connectivity index (χ0) is 13.0. The van der Waals surface area contributed by atoms with E-state index in [9.17, 15) is 4.79 Å². The van der Waals surface area contributed by atoms with Gasteiger partial charge in [-0.1, -0.05) is 17.9 Å². The summed E-state index contributed by atoms with van der Waals surface area (Å²) < 4.78 is 12.2. The maximum atomic E-state index is 11.7. The first-order chi connectivity index (χ1) is 8.72. The van der Waals surface area contributed by atoms with Crippen molar-refractivity contribution < 1.29 is 14.3 Å². The van der Waals surface area contributed by atoms with E-state index >= 15 is 0 Å². The number of nitrogens with zero attached hydrogens (tertiary/aromatic N) is 3. The Morgan fingerprint density at radius 3 is 3.22 bits per heavy atom. The SMILES string of the molecule is C=CCOC(=O)c1nnn(CC2CCCO2)c1C. The van der Waals surface area contributed by atoms with Crippen LogP contribution in [-0.4, -0.2) is 40.3 Å². The molecule has 1 atom stereocenters. The summed E-state index contributed by atoms with van der Waals surface area (Å²) in [6.45, 7) is 6.90. The maximum absolute atomic E-state index is 11.7. The Bertz CT molecular complexity index is 436. The third kappa shape index (κ3) is 2.76. The number of esters is 1. The summed E-state index contributed by atoms with van der Waals surface area (Å²) >= 11 is 0. The molecule has 0 bridgehead atoms. The Morgan fingerprint density at radius 2 is 2.56 bits per heavy atom. The van der Waals surface area contributed by atoms with Gasteiger partial charge in [0.05, 0.1) is 18.3 Å². The number of carbonyl (C=O) groups is 1. The molecule has 6 heteroatoms. The highest BCUT2D eigenvalue weighted by atomic mass is 16.5. The Hall–Kier alpha value is -1.69. The van der Waals surface area contributed by atoms with Crippen molar-refractivity contribution >= 4 is 5.97 Å². The molecule has 6 nitrogen and oxygen atoms in total. The van der Waals surface area contributed by atoms with Gasteiger partial charge in [0.2, 0.25) is 0 Å². The standard InChI is InChI=1S/C12H17N3O3/c1-3-6-18-12(16)11-9(2)15(14-13-11)8-10-5-4-7-17-10/h3,10H,1,4-8H2,2H3. The molecule has 18 heavy (non-hydrogen) atoms. The Kier molecular flexibility index (Phi) is 4.09. The van der Waals surface area contributed by atoms with Crippen LogP contribution in [0.5, 0.6) is 0 Å². The van der Waals surface area contributed by atoms with Gasteiger partial charge in [0.25, 0.3) is 0 Å². The van der Waals surface area contributed by atoms with Gasteiger partial charge in [-0.2, -0.15) is 0 Å². The van der Waals surface area contributed by atoms with Crippen LogP contribution in [0.1, 0.15) is 29.0 Å². The van der Waals surface area contributed by atoms with E-state index < -0.39 is 5.97 Å². The molecule has 0 aliphatic carbocycles. The molecule has 1 aliphatic rings. The van der Waals surface area contributed by atoms with Crippen molar-refractivity contribution in [1.82, 2.24) is 15.0 Å². The summed E-state index contributed by atoms with van der Waals surface area (Å²) in [5, 5.41) is 7.83. The molecular formula is C12H17N3O3. The molecule has 0 radical (unpaired) electrons. The number of hydrogen-bond donors (Lipinski definition) is 0. The van der Waals surface area contributed by atoms with Crippen LogP contribution in [0.4, 0.5) is 0 Å². The molecule has 1 aliphatic heterocycles. The lowest BCUT2D eigenvalue weighted by Gasteiger charge is -2.09. The number of rotatable bonds is 5. The molecule has 1 unspecified atom stereocenters. The lowest BCUT2D eigenvalue weighted by molar-refractivity contribution is 0.0541. The van der Waals surface area contributed by atoms with E-state index in [0.29, 0.717) is 12.2 Å². The number of hydrogen-bond acceptors (Lipinski definition) is 5. The van der Waals surface area contributed by atoms with E-state index in [0.717, 1.165) is 19.4 Å². The highest BCUT2D eigenvalue weighted by Gasteiger charge is 2.21. The van der Waals surface area contributed by atoms with Gasteiger partial charge >= 0.3 is 5.97 Å². The molecule has 1 aromatic heterocycles. The molecule has 0 amide bonds. The minimum atomic E-state index is -0.467. The Balaban J connectivity index is 2.02. The molecule has 98 valence electrons. The Labute approximate surface area is 106 Å². The quantitative estimate of drug-likeness (QED) is 0.579. The van der Waals surface area contributed by atoms with E-state index in [1.165, 1.54) is 6.08 Å². The molecule has 1 aromatic rings. The van der Waals surface area contributed by atoms with E-state index in [2.05, 4.69) is 16.9 Å². The van der Waals surface area contributed by atoms with E-state index in [4.69, 9.17) is 9.47 Å². The van der Waals surface area contributed by atoms with Crippen LogP contribution in [0.3, 0.4) is 0 Å². The van der Waals surface area contributed by atoms with E-state index in [-0.39, 0.29) is 18.4 Å². The average molecular weight is 251 g/mol. The average Bonchev–Trinajstić information content (AvgIpc) is 2.98. The number of ether oxygens (including phenoxy) is 2. The number of aromatic nitrogens is 3. The van der Waals surface area contributed by atoms with E-state index in [1.54, 1.807) is 11.6 Å². The number of carbonyl (C=O) groups excluding carboxylic acids is 1. The van der Waals surface area contributed by atoms with Crippen molar-refractivity contribution in [2.75, 3.05) is 13.2 Å². The second-order valence-electron chi connectivity index (χ2n) is 4.23. The molecule has 2 heterocycles. The second-order valence-corrected chi connectivity index (χ2v) is 4.23. The lowest BCUT2D eigenvalue weighted by Crippen LogP contribution is -2.17. The van der Waals surface area contributed by atoms with Crippen molar-refractivity contribution in [2.45, 2.75) is 32.4 Å². The van der Waals surface area contributed by atoms with Gasteiger partial charge < -0.3 is 9.47 Å². The largest absolute Gasteiger partial charge is 0.457 e. The smallest absolute Gasteiger partial charge is 0.361 e. The van der Waals surface area contributed by atoms with Gasteiger partial charge in [0.1, 0.15) is 6.61 Å². The van der Waals surface area contributed by atoms with E-state index in [1.807, 2.05) is 0 Å². The summed E-state index contributed by atoms with van der Waals surface area (Å²) in [7, 11) is 0. The normalized spacial score (nSPS) is 18.8. The van der Waals surface area contributed by atoms with Crippen LogP contribution in [0, 0.1) is 6.92 Å². The molecule has 0 aromatic carbocycles. The van der Waals surface area contributed by atoms with Crippen molar-refractivity contribution in [3.05, 3.63) is 24.0 Å². The van der Waals surface area contributed by atoms with Crippen LogP contribution in [0.15, 0.2) is 12.7 Å². The van der Waals surface area contributed by atoms with Crippen molar-refractivity contribution in [3.63, 3.8) is 0 Å². The zero-order valence-electron chi connectivity index (χ0n) is 10.5. The third-order valence-electron chi connectivity index (χ3n) is 2.91.